The number of non-ortho nitro benzene ring substituents is 1. The van der Waals surface area contributed by atoms with Gasteiger partial charge in [0, 0.05) is 22.3 Å². The van der Waals surface area contributed by atoms with Gasteiger partial charge in [-0.15, -0.1) is 0 Å². The molecule has 0 saturated carbocycles. The Bertz CT molecular complexity index is 1240. The van der Waals surface area contributed by atoms with Crippen LogP contribution >= 0.6 is 15.9 Å². The number of halogens is 1. The van der Waals surface area contributed by atoms with E-state index >= 15 is 0 Å². The van der Waals surface area contributed by atoms with Gasteiger partial charge in [0.05, 0.1) is 17.6 Å². The highest BCUT2D eigenvalue weighted by molar-refractivity contribution is 9.10. The zero-order chi connectivity index (χ0) is 24.0. The highest BCUT2D eigenvalue weighted by Crippen LogP contribution is 2.24. The summed E-state index contributed by atoms with van der Waals surface area (Å²) in [4.78, 5) is 36.6. The molecule has 8 nitrogen and oxygen atoms in total. The molecule has 0 aliphatic rings. The Balaban J connectivity index is 1.97. The maximum atomic E-state index is 13.0. The summed E-state index contributed by atoms with van der Waals surface area (Å²) in [6.45, 7) is 1.92. The van der Waals surface area contributed by atoms with E-state index < -0.39 is 16.7 Å². The van der Waals surface area contributed by atoms with E-state index in [9.17, 15) is 19.7 Å². The number of nitro groups is 1. The first-order chi connectivity index (χ1) is 15.8. The largest absolute Gasteiger partial charge is 0.496 e. The van der Waals surface area contributed by atoms with Gasteiger partial charge in [-0.3, -0.25) is 19.7 Å². The van der Waals surface area contributed by atoms with Gasteiger partial charge >= 0.3 is 0 Å². The lowest BCUT2D eigenvalue weighted by Gasteiger charge is -2.13. The van der Waals surface area contributed by atoms with Crippen LogP contribution in [0.15, 0.2) is 76.9 Å². The van der Waals surface area contributed by atoms with Crippen molar-refractivity contribution in [2.45, 2.75) is 6.92 Å². The van der Waals surface area contributed by atoms with E-state index in [0.29, 0.717) is 21.5 Å². The van der Waals surface area contributed by atoms with E-state index in [0.717, 1.165) is 5.56 Å². The Kier molecular flexibility index (Phi) is 7.57. The number of benzene rings is 3. The second kappa shape index (κ2) is 10.6. The predicted molar refractivity (Wildman–Crippen MR) is 129 cm³/mol. The summed E-state index contributed by atoms with van der Waals surface area (Å²) < 4.78 is 5.91. The summed E-state index contributed by atoms with van der Waals surface area (Å²) in [5.74, 6) is -0.846. The van der Waals surface area contributed by atoms with Crippen LogP contribution in [-0.2, 0) is 4.79 Å². The fourth-order valence-electron chi connectivity index (χ4n) is 2.94. The number of amides is 2. The van der Waals surface area contributed by atoms with Crippen LogP contribution in [0.1, 0.15) is 21.5 Å². The van der Waals surface area contributed by atoms with Gasteiger partial charge in [0.25, 0.3) is 17.5 Å². The number of carbonyl (C=O) groups is 2. The van der Waals surface area contributed by atoms with Gasteiger partial charge < -0.3 is 15.4 Å². The number of nitro benzene ring substituents is 1. The number of hydrogen-bond acceptors (Lipinski definition) is 5. The van der Waals surface area contributed by atoms with E-state index in [1.54, 1.807) is 36.4 Å². The van der Waals surface area contributed by atoms with Crippen molar-refractivity contribution in [3.05, 3.63) is 104 Å². The summed E-state index contributed by atoms with van der Waals surface area (Å²) in [5, 5.41) is 16.5. The Labute approximate surface area is 198 Å². The maximum Gasteiger partial charge on any atom is 0.272 e. The molecule has 168 valence electrons. The van der Waals surface area contributed by atoms with Gasteiger partial charge in [0.15, 0.2) is 0 Å². The number of carbonyl (C=O) groups excluding carboxylic acids is 2. The quantitative estimate of drug-likeness (QED) is 0.262. The first-order valence-electron chi connectivity index (χ1n) is 9.76. The molecule has 0 atom stereocenters. The zero-order valence-corrected chi connectivity index (χ0v) is 19.4. The van der Waals surface area contributed by atoms with Crippen LogP contribution in [0.4, 0.5) is 11.4 Å². The van der Waals surface area contributed by atoms with Crippen molar-refractivity contribution in [3.63, 3.8) is 0 Å². The van der Waals surface area contributed by atoms with Crippen molar-refractivity contribution >= 4 is 45.2 Å². The van der Waals surface area contributed by atoms with Gasteiger partial charge in [-0.05, 0) is 48.9 Å². The van der Waals surface area contributed by atoms with Crippen molar-refractivity contribution in [2.24, 2.45) is 0 Å². The molecule has 0 aliphatic heterocycles. The summed E-state index contributed by atoms with van der Waals surface area (Å²) >= 11 is 3.32. The molecule has 0 heterocycles. The van der Waals surface area contributed by atoms with Crippen molar-refractivity contribution in [1.82, 2.24) is 5.32 Å². The highest BCUT2D eigenvalue weighted by Gasteiger charge is 2.19. The lowest BCUT2D eigenvalue weighted by molar-refractivity contribution is -0.384. The van der Waals surface area contributed by atoms with E-state index in [1.807, 2.05) is 19.1 Å². The lowest BCUT2D eigenvalue weighted by Crippen LogP contribution is -2.31. The SMILES string of the molecule is COc1ccc(Br)cc1C(=O)NC(=Cc1cccc([N+](=O)[O-])c1)C(=O)Nc1ccc(C)cc1. The lowest BCUT2D eigenvalue weighted by atomic mass is 10.1. The van der Waals surface area contributed by atoms with Gasteiger partial charge in [-0.25, -0.2) is 0 Å². The topological polar surface area (TPSA) is 111 Å². The highest BCUT2D eigenvalue weighted by atomic mass is 79.9. The number of nitrogens with one attached hydrogen (secondary N) is 2. The van der Waals surface area contributed by atoms with Crippen LogP contribution in [0, 0.1) is 17.0 Å². The molecule has 0 aliphatic carbocycles. The molecule has 0 bridgehead atoms. The smallest absolute Gasteiger partial charge is 0.272 e. The molecule has 2 amide bonds. The van der Waals surface area contributed by atoms with E-state index in [2.05, 4.69) is 26.6 Å². The Hall–Kier alpha value is -3.98. The zero-order valence-electron chi connectivity index (χ0n) is 17.8. The van der Waals surface area contributed by atoms with Crippen molar-refractivity contribution in [3.8, 4) is 5.75 Å². The number of nitrogens with zero attached hydrogens (tertiary/aromatic N) is 1. The molecule has 2 N–H and O–H groups in total. The first-order valence-corrected chi connectivity index (χ1v) is 10.5. The molecule has 0 aromatic heterocycles. The average molecular weight is 510 g/mol. The van der Waals surface area contributed by atoms with Crippen molar-refractivity contribution in [2.75, 3.05) is 12.4 Å². The van der Waals surface area contributed by atoms with Crippen LogP contribution in [0.5, 0.6) is 5.75 Å². The minimum atomic E-state index is -0.590. The minimum Gasteiger partial charge on any atom is -0.496 e. The van der Waals surface area contributed by atoms with Gasteiger partial charge in [-0.2, -0.15) is 0 Å². The fourth-order valence-corrected chi connectivity index (χ4v) is 3.30. The molecule has 0 unspecified atom stereocenters. The molecule has 3 aromatic rings. The Morgan fingerprint density at radius 3 is 2.45 bits per heavy atom. The van der Waals surface area contributed by atoms with Crippen molar-refractivity contribution < 1.29 is 19.2 Å². The van der Waals surface area contributed by atoms with E-state index in [4.69, 9.17) is 4.74 Å². The Morgan fingerprint density at radius 2 is 1.79 bits per heavy atom. The van der Waals surface area contributed by atoms with Gasteiger partial charge in [0.2, 0.25) is 0 Å². The standard InChI is InChI=1S/C24H20BrN3O5/c1-15-6-9-18(10-7-15)26-24(30)21(13-16-4-3-5-19(12-16)28(31)32)27-23(29)20-14-17(25)8-11-22(20)33-2/h3-14H,1-2H3,(H,26,30)(H,27,29). The summed E-state index contributed by atoms with van der Waals surface area (Å²) in [6.07, 6.45) is 1.37. The van der Waals surface area contributed by atoms with Gasteiger partial charge in [-0.1, -0.05) is 45.8 Å². The van der Waals surface area contributed by atoms with Crippen LogP contribution < -0.4 is 15.4 Å². The number of anilines is 1. The molecule has 0 radical (unpaired) electrons. The number of hydrogen-bond donors (Lipinski definition) is 2. The molecular formula is C24H20BrN3O5. The van der Waals surface area contributed by atoms with Crippen LogP contribution in [0.25, 0.3) is 6.08 Å². The van der Waals surface area contributed by atoms with Crippen LogP contribution in [0.2, 0.25) is 0 Å². The molecule has 0 spiro atoms. The number of rotatable bonds is 7. The molecule has 9 heteroatoms. The van der Waals surface area contributed by atoms with Crippen LogP contribution in [-0.4, -0.2) is 23.8 Å². The molecular weight excluding hydrogens is 490 g/mol. The molecule has 0 fully saturated rings. The van der Waals surface area contributed by atoms with E-state index in [-0.39, 0.29) is 16.9 Å². The average Bonchev–Trinajstić information content (AvgIpc) is 2.80. The number of methoxy groups -OCH3 is 1. The fraction of sp³-hybridized carbons (Fsp3) is 0.0833. The third-order valence-electron chi connectivity index (χ3n) is 4.60. The molecule has 3 aromatic carbocycles. The Morgan fingerprint density at radius 1 is 1.06 bits per heavy atom. The first kappa shape index (κ1) is 23.7. The summed E-state index contributed by atoms with van der Waals surface area (Å²) in [6, 6.07) is 17.8. The van der Waals surface area contributed by atoms with E-state index in [1.165, 1.54) is 31.4 Å². The minimum absolute atomic E-state index is 0.0944. The monoisotopic (exact) mass is 509 g/mol. The third kappa shape index (κ3) is 6.27. The maximum absolute atomic E-state index is 13.0. The molecule has 3 rings (SSSR count). The van der Waals surface area contributed by atoms with Crippen LogP contribution in [0.3, 0.4) is 0 Å². The number of aryl methyl sites for hydroxylation is 1. The summed E-state index contributed by atoms with van der Waals surface area (Å²) in [5.41, 5.74) is 1.91. The van der Waals surface area contributed by atoms with Crippen molar-refractivity contribution in [1.29, 1.82) is 0 Å². The second-order valence-electron chi connectivity index (χ2n) is 7.03. The summed E-state index contributed by atoms with van der Waals surface area (Å²) in [7, 11) is 1.43. The third-order valence-corrected chi connectivity index (χ3v) is 5.09. The molecule has 0 saturated heterocycles. The van der Waals surface area contributed by atoms with Gasteiger partial charge in [0.1, 0.15) is 11.4 Å². The number of ether oxygens (including phenoxy) is 1. The molecule has 33 heavy (non-hydrogen) atoms. The predicted octanol–water partition coefficient (Wildman–Crippen LogP) is 5.08. The normalized spacial score (nSPS) is 10.9. The second-order valence-corrected chi connectivity index (χ2v) is 7.94.